The lowest BCUT2D eigenvalue weighted by Crippen LogP contribution is -2.14. The Bertz CT molecular complexity index is 1140. The summed E-state index contributed by atoms with van der Waals surface area (Å²) in [6.45, 7) is 6.01. The van der Waals surface area contributed by atoms with Gasteiger partial charge in [0, 0.05) is 34.0 Å². The Kier molecular flexibility index (Phi) is 7.10. The summed E-state index contributed by atoms with van der Waals surface area (Å²) >= 11 is 3.28. The SMILES string of the molecule is CCC(=O)Nc1ccc(NC(=O)CSc2nc(C(C)C)nc3sc4c(c23)CCCC4)cc1. The third-order valence-electron chi connectivity index (χ3n) is 5.43. The van der Waals surface area contributed by atoms with E-state index >= 15 is 0 Å². The standard InChI is InChI=1S/C24H28N4O2S2/c1-4-19(29)25-15-9-11-16(12-10-15)26-20(30)13-31-23-21-17-7-5-6-8-18(17)32-24(21)28-22(27-23)14(2)3/h9-12,14H,4-8,13H2,1-3H3,(H,25,29)(H,26,30). The molecule has 8 heteroatoms. The number of thioether (sulfide) groups is 1. The Balaban J connectivity index is 1.48. The summed E-state index contributed by atoms with van der Waals surface area (Å²) in [6, 6.07) is 7.17. The van der Waals surface area contributed by atoms with Gasteiger partial charge in [-0.1, -0.05) is 32.5 Å². The highest BCUT2D eigenvalue weighted by atomic mass is 32.2. The number of aryl methyl sites for hydroxylation is 2. The number of hydrogen-bond donors (Lipinski definition) is 2. The van der Waals surface area contributed by atoms with Crippen molar-refractivity contribution in [3.63, 3.8) is 0 Å². The largest absolute Gasteiger partial charge is 0.326 e. The number of benzene rings is 1. The maximum absolute atomic E-state index is 12.6. The zero-order valence-electron chi connectivity index (χ0n) is 18.7. The highest BCUT2D eigenvalue weighted by molar-refractivity contribution is 8.00. The molecule has 0 unspecified atom stereocenters. The molecule has 2 amide bonds. The van der Waals surface area contributed by atoms with E-state index in [2.05, 4.69) is 24.5 Å². The van der Waals surface area contributed by atoms with Gasteiger partial charge < -0.3 is 10.6 Å². The first kappa shape index (κ1) is 22.7. The van der Waals surface area contributed by atoms with E-state index in [0.29, 0.717) is 12.1 Å². The maximum Gasteiger partial charge on any atom is 0.234 e. The van der Waals surface area contributed by atoms with Gasteiger partial charge in [-0.25, -0.2) is 9.97 Å². The Morgan fingerprint density at radius 1 is 1.03 bits per heavy atom. The van der Waals surface area contributed by atoms with Crippen molar-refractivity contribution in [2.75, 3.05) is 16.4 Å². The van der Waals surface area contributed by atoms with Crippen LogP contribution in [0.25, 0.3) is 10.2 Å². The van der Waals surface area contributed by atoms with Crippen molar-refractivity contribution in [3.05, 3.63) is 40.5 Å². The highest BCUT2D eigenvalue weighted by Gasteiger charge is 2.22. The number of rotatable bonds is 7. The van der Waals surface area contributed by atoms with Crippen LogP contribution in [0.3, 0.4) is 0 Å². The molecule has 0 spiro atoms. The normalized spacial score (nSPS) is 13.2. The zero-order chi connectivity index (χ0) is 22.7. The minimum Gasteiger partial charge on any atom is -0.326 e. The van der Waals surface area contributed by atoms with Crippen molar-refractivity contribution >= 4 is 56.5 Å². The van der Waals surface area contributed by atoms with Crippen LogP contribution in [0.1, 0.15) is 62.2 Å². The van der Waals surface area contributed by atoms with Gasteiger partial charge in [-0.05, 0) is 55.5 Å². The zero-order valence-corrected chi connectivity index (χ0v) is 20.3. The Hall–Kier alpha value is -2.45. The molecule has 2 N–H and O–H groups in total. The predicted octanol–water partition coefficient (Wildman–Crippen LogP) is 5.77. The van der Waals surface area contributed by atoms with Gasteiger partial charge in [-0.3, -0.25) is 9.59 Å². The minimum atomic E-state index is -0.0812. The van der Waals surface area contributed by atoms with Gasteiger partial charge in [-0.15, -0.1) is 11.3 Å². The second-order valence-electron chi connectivity index (χ2n) is 8.25. The number of hydrogen-bond acceptors (Lipinski definition) is 6. The number of carbonyl (C=O) groups is 2. The fraction of sp³-hybridized carbons (Fsp3) is 0.417. The van der Waals surface area contributed by atoms with E-state index in [1.807, 2.05) is 6.92 Å². The summed E-state index contributed by atoms with van der Waals surface area (Å²) in [6.07, 6.45) is 5.05. The first-order valence-corrected chi connectivity index (χ1v) is 12.9. The Morgan fingerprint density at radius 3 is 2.34 bits per heavy atom. The number of fused-ring (bicyclic) bond motifs is 3. The average molecular weight is 469 g/mol. The molecule has 1 aliphatic carbocycles. The number of thiophene rings is 1. The van der Waals surface area contributed by atoms with E-state index in [1.54, 1.807) is 35.6 Å². The molecule has 2 aromatic heterocycles. The van der Waals surface area contributed by atoms with E-state index in [9.17, 15) is 9.59 Å². The summed E-state index contributed by atoms with van der Waals surface area (Å²) in [4.78, 5) is 36.3. The van der Waals surface area contributed by atoms with Crippen LogP contribution in [-0.4, -0.2) is 27.5 Å². The van der Waals surface area contributed by atoms with Gasteiger partial charge in [0.1, 0.15) is 15.7 Å². The Labute approximate surface area is 196 Å². The predicted molar refractivity (Wildman–Crippen MR) is 133 cm³/mol. The summed E-state index contributed by atoms with van der Waals surface area (Å²) in [5.74, 6) is 1.23. The molecular weight excluding hydrogens is 440 g/mol. The molecule has 0 saturated carbocycles. The Morgan fingerprint density at radius 2 is 1.69 bits per heavy atom. The van der Waals surface area contributed by atoms with E-state index in [1.165, 1.54) is 35.0 Å². The summed E-state index contributed by atoms with van der Waals surface area (Å²) in [5.41, 5.74) is 2.81. The van der Waals surface area contributed by atoms with Crippen molar-refractivity contribution in [2.24, 2.45) is 0 Å². The van der Waals surface area contributed by atoms with E-state index in [-0.39, 0.29) is 23.5 Å². The summed E-state index contributed by atoms with van der Waals surface area (Å²) in [7, 11) is 0. The molecular formula is C24H28N4O2S2. The number of aromatic nitrogens is 2. The molecule has 1 aliphatic rings. The number of amides is 2. The molecule has 0 aliphatic heterocycles. The summed E-state index contributed by atoms with van der Waals surface area (Å²) in [5, 5.41) is 7.82. The molecule has 32 heavy (non-hydrogen) atoms. The molecule has 6 nitrogen and oxygen atoms in total. The lowest BCUT2D eigenvalue weighted by Gasteiger charge is -2.13. The molecule has 0 fully saturated rings. The van der Waals surface area contributed by atoms with Crippen LogP contribution in [0.4, 0.5) is 11.4 Å². The first-order valence-electron chi connectivity index (χ1n) is 11.1. The van der Waals surface area contributed by atoms with Crippen LogP contribution in [-0.2, 0) is 22.4 Å². The van der Waals surface area contributed by atoms with Crippen molar-refractivity contribution in [3.8, 4) is 0 Å². The van der Waals surface area contributed by atoms with Crippen LogP contribution < -0.4 is 10.6 Å². The van der Waals surface area contributed by atoms with Gasteiger partial charge in [0.05, 0.1) is 5.75 Å². The second-order valence-corrected chi connectivity index (χ2v) is 10.3. The van der Waals surface area contributed by atoms with Crippen molar-refractivity contribution < 1.29 is 9.59 Å². The van der Waals surface area contributed by atoms with Gasteiger partial charge >= 0.3 is 0 Å². The fourth-order valence-corrected chi connectivity index (χ4v) is 5.91. The lowest BCUT2D eigenvalue weighted by atomic mass is 9.97. The van der Waals surface area contributed by atoms with Crippen LogP contribution in [0.15, 0.2) is 29.3 Å². The summed E-state index contributed by atoms with van der Waals surface area (Å²) < 4.78 is 0. The first-order chi connectivity index (χ1) is 15.4. The quantitative estimate of drug-likeness (QED) is 0.340. The van der Waals surface area contributed by atoms with Crippen LogP contribution in [0, 0.1) is 0 Å². The number of anilines is 2. The van der Waals surface area contributed by atoms with E-state index in [4.69, 9.17) is 9.97 Å². The van der Waals surface area contributed by atoms with Crippen molar-refractivity contribution in [1.29, 1.82) is 0 Å². The molecule has 4 rings (SSSR count). The monoisotopic (exact) mass is 468 g/mol. The van der Waals surface area contributed by atoms with Gasteiger partial charge in [0.2, 0.25) is 11.8 Å². The topological polar surface area (TPSA) is 84.0 Å². The maximum atomic E-state index is 12.6. The number of nitrogens with one attached hydrogen (secondary N) is 2. The second kappa shape index (κ2) is 10.0. The molecule has 2 heterocycles. The highest BCUT2D eigenvalue weighted by Crippen LogP contribution is 2.40. The smallest absolute Gasteiger partial charge is 0.234 e. The van der Waals surface area contributed by atoms with Gasteiger partial charge in [0.25, 0.3) is 0 Å². The third-order valence-corrected chi connectivity index (χ3v) is 7.59. The molecule has 0 atom stereocenters. The molecule has 0 bridgehead atoms. The molecule has 0 saturated heterocycles. The average Bonchev–Trinajstić information content (AvgIpc) is 3.17. The molecule has 1 aromatic carbocycles. The van der Waals surface area contributed by atoms with Crippen molar-refractivity contribution in [2.45, 2.75) is 63.8 Å². The van der Waals surface area contributed by atoms with E-state index in [0.717, 1.165) is 39.6 Å². The van der Waals surface area contributed by atoms with E-state index < -0.39 is 0 Å². The fourth-order valence-electron chi connectivity index (χ4n) is 3.72. The van der Waals surface area contributed by atoms with Gasteiger partial charge in [-0.2, -0.15) is 0 Å². The molecule has 168 valence electrons. The van der Waals surface area contributed by atoms with Crippen LogP contribution in [0.5, 0.6) is 0 Å². The van der Waals surface area contributed by atoms with Crippen LogP contribution >= 0.6 is 23.1 Å². The van der Waals surface area contributed by atoms with Gasteiger partial charge in [0.15, 0.2) is 0 Å². The van der Waals surface area contributed by atoms with Crippen LogP contribution in [0.2, 0.25) is 0 Å². The molecule has 3 aromatic rings. The number of carbonyl (C=O) groups excluding carboxylic acids is 2. The third kappa shape index (κ3) is 5.13. The lowest BCUT2D eigenvalue weighted by molar-refractivity contribution is -0.116. The number of nitrogens with zero attached hydrogens (tertiary/aromatic N) is 2. The van der Waals surface area contributed by atoms with Crippen molar-refractivity contribution in [1.82, 2.24) is 9.97 Å². The minimum absolute atomic E-state index is 0.0364. The molecule has 0 radical (unpaired) electrons.